The summed E-state index contributed by atoms with van der Waals surface area (Å²) < 4.78 is 11.1. The molecule has 0 aromatic heterocycles. The highest BCUT2D eigenvalue weighted by Crippen LogP contribution is 2.26. The molecule has 6 heteroatoms. The van der Waals surface area contributed by atoms with Crippen molar-refractivity contribution in [1.29, 1.82) is 0 Å². The fraction of sp³-hybridized carbons (Fsp3) is 0.238. The van der Waals surface area contributed by atoms with Crippen LogP contribution in [-0.2, 0) is 22.4 Å². The Labute approximate surface area is 283 Å². The molecule has 2 aliphatic heterocycles. The Morgan fingerprint density at radius 1 is 0.562 bits per heavy atom. The quantitative estimate of drug-likeness (QED) is 0.0915. The SMILES string of the molecule is O=C(/C=C/C(=O)Oc1cccc(C2=CCCN(CCc3ccccc3)C2)c1)Oc1cccc(C2=CCCN(CCc3ccccc3)C2)c1. The second kappa shape index (κ2) is 16.7. The molecule has 0 saturated heterocycles. The van der Waals surface area contributed by atoms with Crippen molar-refractivity contribution in [3.8, 4) is 11.5 Å². The number of rotatable bonds is 12. The van der Waals surface area contributed by atoms with Crippen LogP contribution in [0.3, 0.4) is 0 Å². The minimum Gasteiger partial charge on any atom is -0.423 e. The topological polar surface area (TPSA) is 59.1 Å². The normalized spacial score (nSPS) is 15.5. The number of carbonyl (C=O) groups excluding carboxylic acids is 2. The predicted molar refractivity (Wildman–Crippen MR) is 192 cm³/mol. The van der Waals surface area contributed by atoms with Gasteiger partial charge in [0.25, 0.3) is 0 Å². The molecule has 0 amide bonds. The number of hydrogen-bond acceptors (Lipinski definition) is 6. The van der Waals surface area contributed by atoms with Crippen molar-refractivity contribution in [1.82, 2.24) is 9.80 Å². The fourth-order valence-corrected chi connectivity index (χ4v) is 6.23. The van der Waals surface area contributed by atoms with Gasteiger partial charge in [-0.3, -0.25) is 9.80 Å². The van der Waals surface area contributed by atoms with E-state index in [1.165, 1.54) is 22.3 Å². The molecule has 2 aliphatic rings. The number of carbonyl (C=O) groups is 2. The van der Waals surface area contributed by atoms with E-state index < -0.39 is 11.9 Å². The third-order valence-corrected chi connectivity index (χ3v) is 8.78. The van der Waals surface area contributed by atoms with Crippen molar-refractivity contribution in [2.75, 3.05) is 39.3 Å². The molecule has 244 valence electrons. The van der Waals surface area contributed by atoms with Crippen LogP contribution in [0.5, 0.6) is 11.5 Å². The van der Waals surface area contributed by atoms with Gasteiger partial charge in [0, 0.05) is 51.4 Å². The van der Waals surface area contributed by atoms with E-state index in [-0.39, 0.29) is 0 Å². The van der Waals surface area contributed by atoms with Gasteiger partial charge in [-0.25, -0.2) is 9.59 Å². The Balaban J connectivity index is 0.980. The molecule has 0 saturated carbocycles. The lowest BCUT2D eigenvalue weighted by Crippen LogP contribution is -2.31. The molecule has 0 bridgehead atoms. The molecule has 0 fully saturated rings. The summed E-state index contributed by atoms with van der Waals surface area (Å²) in [6, 6.07) is 36.2. The van der Waals surface area contributed by atoms with E-state index in [2.05, 4.69) is 70.5 Å². The van der Waals surface area contributed by atoms with Crippen LogP contribution in [0.4, 0.5) is 0 Å². The molecule has 0 aliphatic carbocycles. The standard InChI is InChI=1S/C42H42N2O4/c45-41(47-39-19-7-15-35(29-39)37-17-9-25-43(31-37)27-23-33-11-3-1-4-12-33)21-22-42(46)48-40-20-8-16-36(30-40)38-18-10-26-44(32-38)28-24-34-13-5-2-6-14-34/h1-8,11-22,29-30H,9-10,23-28,31-32H2/b22-21+. The molecule has 0 N–H and O–H groups in total. The zero-order valence-corrected chi connectivity index (χ0v) is 27.3. The maximum Gasteiger partial charge on any atom is 0.336 e. The number of benzene rings is 4. The van der Waals surface area contributed by atoms with Gasteiger partial charge in [-0.1, -0.05) is 97.1 Å². The third-order valence-electron chi connectivity index (χ3n) is 8.78. The molecule has 0 atom stereocenters. The van der Waals surface area contributed by atoms with Crippen molar-refractivity contribution < 1.29 is 19.1 Å². The molecule has 6 rings (SSSR count). The zero-order chi connectivity index (χ0) is 33.0. The number of hydrogen-bond donors (Lipinski definition) is 0. The van der Waals surface area contributed by atoms with Crippen molar-refractivity contribution in [3.63, 3.8) is 0 Å². The average Bonchev–Trinajstić information content (AvgIpc) is 3.14. The van der Waals surface area contributed by atoms with Gasteiger partial charge >= 0.3 is 11.9 Å². The van der Waals surface area contributed by atoms with E-state index in [1.807, 2.05) is 48.5 Å². The molecule has 48 heavy (non-hydrogen) atoms. The molecule has 6 nitrogen and oxygen atoms in total. The third kappa shape index (κ3) is 9.74. The first kappa shape index (κ1) is 32.9. The minimum absolute atomic E-state index is 0.434. The van der Waals surface area contributed by atoms with E-state index in [4.69, 9.17) is 9.47 Å². The van der Waals surface area contributed by atoms with Crippen LogP contribution in [0.15, 0.2) is 133 Å². The van der Waals surface area contributed by atoms with Crippen LogP contribution in [-0.4, -0.2) is 61.0 Å². The number of esters is 2. The summed E-state index contributed by atoms with van der Waals surface area (Å²) in [5.41, 5.74) is 7.18. The van der Waals surface area contributed by atoms with Crippen molar-refractivity contribution >= 4 is 23.1 Å². The Morgan fingerprint density at radius 3 is 1.44 bits per heavy atom. The summed E-state index contributed by atoms with van der Waals surface area (Å²) in [5, 5.41) is 0. The second-order valence-electron chi connectivity index (χ2n) is 12.3. The van der Waals surface area contributed by atoms with E-state index in [0.717, 1.165) is 88.2 Å². The maximum absolute atomic E-state index is 12.6. The first-order chi connectivity index (χ1) is 23.6. The Morgan fingerprint density at radius 2 is 1.00 bits per heavy atom. The number of nitrogens with zero attached hydrogens (tertiary/aromatic N) is 2. The number of ether oxygens (including phenoxy) is 2. The Hall–Kier alpha value is -5.04. The Bertz CT molecular complexity index is 1650. The van der Waals surface area contributed by atoms with E-state index in [0.29, 0.717) is 11.5 Å². The summed E-state index contributed by atoms with van der Waals surface area (Å²) in [6.07, 6.45) is 10.7. The Kier molecular flexibility index (Phi) is 11.4. The highest BCUT2D eigenvalue weighted by atomic mass is 16.5. The van der Waals surface area contributed by atoms with Crippen LogP contribution in [0.25, 0.3) is 11.1 Å². The van der Waals surface area contributed by atoms with Crippen LogP contribution >= 0.6 is 0 Å². The van der Waals surface area contributed by atoms with Crippen LogP contribution in [0.1, 0.15) is 35.1 Å². The minimum atomic E-state index is -0.636. The lowest BCUT2D eigenvalue weighted by molar-refractivity contribution is -0.131. The van der Waals surface area contributed by atoms with Crippen LogP contribution in [0, 0.1) is 0 Å². The molecule has 0 radical (unpaired) electrons. The lowest BCUT2D eigenvalue weighted by Gasteiger charge is -2.27. The maximum atomic E-state index is 12.6. The summed E-state index contributed by atoms with van der Waals surface area (Å²) in [7, 11) is 0. The van der Waals surface area contributed by atoms with Gasteiger partial charge in [0.15, 0.2) is 0 Å². The lowest BCUT2D eigenvalue weighted by atomic mass is 10.0. The molecule has 4 aromatic rings. The zero-order valence-electron chi connectivity index (χ0n) is 27.3. The summed E-state index contributed by atoms with van der Waals surface area (Å²) in [4.78, 5) is 30.1. The molecule has 0 unspecified atom stereocenters. The van der Waals surface area contributed by atoms with Crippen molar-refractivity contribution in [2.24, 2.45) is 0 Å². The fourth-order valence-electron chi connectivity index (χ4n) is 6.23. The summed E-state index contributed by atoms with van der Waals surface area (Å²) in [6.45, 7) is 5.74. The van der Waals surface area contributed by atoms with E-state index in [1.54, 1.807) is 12.1 Å². The smallest absolute Gasteiger partial charge is 0.336 e. The van der Waals surface area contributed by atoms with Gasteiger partial charge < -0.3 is 9.47 Å². The van der Waals surface area contributed by atoms with Gasteiger partial charge in [0.05, 0.1) is 0 Å². The van der Waals surface area contributed by atoms with Gasteiger partial charge in [-0.05, 0) is 83.3 Å². The van der Waals surface area contributed by atoms with Gasteiger partial charge in [-0.2, -0.15) is 0 Å². The monoisotopic (exact) mass is 638 g/mol. The largest absolute Gasteiger partial charge is 0.423 e. The molecule has 0 spiro atoms. The average molecular weight is 639 g/mol. The van der Waals surface area contributed by atoms with Gasteiger partial charge in [0.1, 0.15) is 11.5 Å². The van der Waals surface area contributed by atoms with Gasteiger partial charge in [0.2, 0.25) is 0 Å². The van der Waals surface area contributed by atoms with E-state index >= 15 is 0 Å². The first-order valence-electron chi connectivity index (χ1n) is 16.8. The molecule has 2 heterocycles. The predicted octanol–water partition coefficient (Wildman–Crippen LogP) is 7.42. The van der Waals surface area contributed by atoms with Gasteiger partial charge in [-0.15, -0.1) is 0 Å². The molecule has 4 aromatic carbocycles. The summed E-state index contributed by atoms with van der Waals surface area (Å²) in [5.74, 6) is -0.404. The van der Waals surface area contributed by atoms with Crippen molar-refractivity contribution in [2.45, 2.75) is 25.7 Å². The second-order valence-corrected chi connectivity index (χ2v) is 12.3. The van der Waals surface area contributed by atoms with Crippen LogP contribution < -0.4 is 9.47 Å². The highest BCUT2D eigenvalue weighted by molar-refractivity contribution is 5.93. The molecular weight excluding hydrogens is 596 g/mol. The van der Waals surface area contributed by atoms with Crippen molar-refractivity contribution in [3.05, 3.63) is 156 Å². The van der Waals surface area contributed by atoms with E-state index in [9.17, 15) is 9.59 Å². The molecular formula is C42H42N2O4. The first-order valence-corrected chi connectivity index (χ1v) is 16.8. The summed E-state index contributed by atoms with van der Waals surface area (Å²) >= 11 is 0. The van der Waals surface area contributed by atoms with Crippen LogP contribution in [0.2, 0.25) is 0 Å². The highest BCUT2D eigenvalue weighted by Gasteiger charge is 2.16.